The summed E-state index contributed by atoms with van der Waals surface area (Å²) in [4.78, 5) is 69.0. The van der Waals surface area contributed by atoms with Crippen LogP contribution in [0.3, 0.4) is 0 Å². The fourth-order valence-electron chi connectivity index (χ4n) is 9.43. The number of amides is 1. The fourth-order valence-corrected chi connectivity index (χ4v) is 9.43. The molecule has 0 unspecified atom stereocenters. The topological polar surface area (TPSA) is 172 Å². The molecule has 3 fully saturated rings. The van der Waals surface area contributed by atoms with Gasteiger partial charge in [-0.1, -0.05) is 27.7 Å². The average Bonchev–Trinajstić information content (AvgIpc) is 3.78. The van der Waals surface area contributed by atoms with E-state index in [2.05, 4.69) is 9.97 Å². The number of ether oxygens (including phenoxy) is 5. The van der Waals surface area contributed by atoms with Gasteiger partial charge in [0, 0.05) is 68.1 Å². The molecule has 0 radical (unpaired) electrons. The van der Waals surface area contributed by atoms with Crippen LogP contribution in [0.1, 0.15) is 87.5 Å². The first-order valence-electron chi connectivity index (χ1n) is 20.8. The smallest absolute Gasteiger partial charge is 0.410 e. The average molecular weight is 812 g/mol. The van der Waals surface area contributed by atoms with Gasteiger partial charge in [-0.3, -0.25) is 19.4 Å². The van der Waals surface area contributed by atoms with Crippen LogP contribution < -0.4 is 0 Å². The van der Waals surface area contributed by atoms with Crippen LogP contribution >= 0.6 is 0 Å². The van der Waals surface area contributed by atoms with E-state index in [0.29, 0.717) is 32.4 Å². The van der Waals surface area contributed by atoms with Gasteiger partial charge in [-0.05, 0) is 86.0 Å². The van der Waals surface area contributed by atoms with E-state index >= 15 is 0 Å². The summed E-state index contributed by atoms with van der Waals surface area (Å²) < 4.78 is 33.2. The van der Waals surface area contributed by atoms with Gasteiger partial charge in [0.1, 0.15) is 23.9 Å². The predicted octanol–water partition coefficient (Wildman–Crippen LogP) is 4.93. The predicted molar refractivity (Wildman–Crippen MR) is 214 cm³/mol. The maximum Gasteiger partial charge on any atom is 0.410 e. The monoisotopic (exact) mass is 811 g/mol. The number of unbranched alkanes of at least 4 members (excludes halogenated alkanes) is 1. The zero-order valence-corrected chi connectivity index (χ0v) is 36.1. The number of carbonyl (C=O) groups is 4. The van der Waals surface area contributed by atoms with E-state index in [1.54, 1.807) is 51.3 Å². The maximum absolute atomic E-state index is 14.7. The van der Waals surface area contributed by atoms with Crippen LogP contribution in [0.5, 0.6) is 0 Å². The van der Waals surface area contributed by atoms with Gasteiger partial charge in [-0.15, -0.1) is 0 Å². The number of aliphatic hydroxyl groups excluding tert-OH is 1. The van der Waals surface area contributed by atoms with E-state index in [4.69, 9.17) is 23.7 Å². The zero-order valence-electron chi connectivity index (χ0n) is 36.1. The summed E-state index contributed by atoms with van der Waals surface area (Å²) in [5.41, 5.74) is -0.938. The van der Waals surface area contributed by atoms with Crippen molar-refractivity contribution in [3.05, 3.63) is 37.1 Å². The number of rotatable bonds is 11. The second-order valence-corrected chi connectivity index (χ2v) is 17.3. The minimum Gasteiger partial charge on any atom is -0.458 e. The number of aliphatic hydroxyl groups is 1. The summed E-state index contributed by atoms with van der Waals surface area (Å²) in [7, 11) is 5.24. The van der Waals surface area contributed by atoms with Gasteiger partial charge in [0.2, 0.25) is 0 Å². The minimum atomic E-state index is -1.40. The molecule has 2 aromatic heterocycles. The third-order valence-corrected chi connectivity index (χ3v) is 12.8. The minimum absolute atomic E-state index is 0.130. The van der Waals surface area contributed by atoms with Gasteiger partial charge in [0.25, 0.3) is 0 Å². The second-order valence-electron chi connectivity index (χ2n) is 17.3. The molecular weight excluding hydrogens is 746 g/mol. The van der Waals surface area contributed by atoms with Crippen molar-refractivity contribution in [1.29, 1.82) is 0 Å². The van der Waals surface area contributed by atoms with Crippen molar-refractivity contribution in [3.8, 4) is 11.3 Å². The SMILES string of the molecule is CC[C@@H]1OC(=O)[C@H](C)C(=O)[C@H](C)[C@@H](O[C@@H]2O[C@H](C)C[C@H](N(C)C)[C@@H]2O)[C@](C)(OC)C[C@@H](C)C(=O)[C@H](C)[C@H]2N(CCCCn3cnc(-c4cccnc4)c3)C(=O)O[C@]12C. The van der Waals surface area contributed by atoms with E-state index in [0.717, 1.165) is 11.3 Å². The van der Waals surface area contributed by atoms with Crippen LogP contribution in [-0.4, -0.2) is 135 Å². The highest BCUT2D eigenvalue weighted by atomic mass is 16.7. The number of carbonyl (C=O) groups excluding carboxylic acids is 4. The van der Waals surface area contributed by atoms with Gasteiger partial charge in [-0.25, -0.2) is 9.78 Å². The molecule has 13 atom stereocenters. The highest BCUT2D eigenvalue weighted by Crippen LogP contribution is 2.43. The molecule has 0 aromatic carbocycles. The quantitative estimate of drug-likeness (QED) is 0.184. The van der Waals surface area contributed by atoms with Crippen molar-refractivity contribution >= 4 is 23.6 Å². The summed E-state index contributed by atoms with van der Waals surface area (Å²) in [6, 6.07) is 2.74. The highest BCUT2D eigenvalue weighted by Gasteiger charge is 2.60. The van der Waals surface area contributed by atoms with Gasteiger partial charge < -0.3 is 43.2 Å². The summed E-state index contributed by atoms with van der Waals surface area (Å²) in [6.45, 7) is 14.9. The number of methoxy groups -OCH3 is 1. The Hall–Kier alpha value is -3.76. The Morgan fingerprint density at radius 2 is 1.72 bits per heavy atom. The number of Topliss-reactive ketones (excluding diaryl/α,β-unsaturated/α-hetero) is 2. The van der Waals surface area contributed by atoms with Gasteiger partial charge in [0.05, 0.1) is 35.9 Å². The summed E-state index contributed by atoms with van der Waals surface area (Å²) in [5, 5.41) is 11.4. The number of ketones is 2. The van der Waals surface area contributed by atoms with Crippen molar-refractivity contribution in [3.63, 3.8) is 0 Å². The Balaban J connectivity index is 1.43. The van der Waals surface area contributed by atoms with Crippen LogP contribution in [0.15, 0.2) is 37.1 Å². The molecule has 0 aliphatic carbocycles. The second kappa shape index (κ2) is 18.7. The number of imidazole rings is 1. The molecule has 58 heavy (non-hydrogen) atoms. The first kappa shape index (κ1) is 45.3. The van der Waals surface area contributed by atoms with Crippen molar-refractivity contribution in [2.45, 2.75) is 148 Å². The normalized spacial score (nSPS) is 36.7. The molecule has 0 saturated carbocycles. The number of esters is 1. The van der Waals surface area contributed by atoms with E-state index in [-0.39, 0.29) is 30.8 Å². The number of likely N-dealkylation sites (N-methyl/N-ethyl adjacent to an activating group) is 1. The lowest BCUT2D eigenvalue weighted by Gasteiger charge is -2.47. The molecule has 5 heterocycles. The third-order valence-electron chi connectivity index (χ3n) is 12.8. The first-order chi connectivity index (χ1) is 27.4. The van der Waals surface area contributed by atoms with Crippen molar-refractivity contribution in [2.24, 2.45) is 23.7 Å². The van der Waals surface area contributed by atoms with Crippen LogP contribution in [0, 0.1) is 23.7 Å². The van der Waals surface area contributed by atoms with Crippen LogP contribution in [0.25, 0.3) is 11.3 Å². The Morgan fingerprint density at radius 1 is 1.02 bits per heavy atom. The molecule has 3 saturated heterocycles. The first-order valence-corrected chi connectivity index (χ1v) is 20.8. The molecule has 15 nitrogen and oxygen atoms in total. The summed E-state index contributed by atoms with van der Waals surface area (Å²) >= 11 is 0. The molecule has 15 heteroatoms. The number of cyclic esters (lactones) is 1. The highest BCUT2D eigenvalue weighted by molar-refractivity contribution is 6.00. The number of hydrogen-bond donors (Lipinski definition) is 1. The summed E-state index contributed by atoms with van der Waals surface area (Å²) in [5.74, 6) is -4.95. The van der Waals surface area contributed by atoms with Gasteiger partial charge in [0.15, 0.2) is 17.7 Å². The lowest BCUT2D eigenvalue weighted by molar-refractivity contribution is -0.295. The molecule has 1 amide bonds. The lowest BCUT2D eigenvalue weighted by Crippen LogP contribution is -2.60. The number of pyridine rings is 1. The van der Waals surface area contributed by atoms with Crippen LogP contribution in [0.4, 0.5) is 4.79 Å². The Morgan fingerprint density at radius 3 is 2.36 bits per heavy atom. The standard InChI is InChI=1S/C43H65N5O10/c1-12-33-43(8)37(48(41(53)58-43)19-14-13-18-47-23-31(45-24-47)30-16-15-17-44-22-30)27(4)34(49)25(2)21-42(7,54-11)38(28(5)35(50)29(6)39(52)56-33)57-40-36(51)32(46(9)10)20-26(3)55-40/h15-17,22-29,32-33,36-38,40,51H,12-14,18-21H2,1-11H3/t25-,26-,27+,28+,29-,32+,33+,36+,37-,38-,40+,42-,43-/m1/s1. The lowest BCUT2D eigenvalue weighted by atomic mass is 9.73. The molecule has 0 bridgehead atoms. The largest absolute Gasteiger partial charge is 0.458 e. The molecule has 3 aliphatic heterocycles. The zero-order chi connectivity index (χ0) is 42.7. The Kier molecular flexibility index (Phi) is 14.6. The summed E-state index contributed by atoms with van der Waals surface area (Å²) in [6.07, 6.45) is 4.45. The maximum atomic E-state index is 14.7. The number of aryl methyl sites for hydroxylation is 1. The third kappa shape index (κ3) is 9.33. The molecule has 0 spiro atoms. The van der Waals surface area contributed by atoms with E-state index in [9.17, 15) is 24.3 Å². The molecule has 322 valence electrons. The van der Waals surface area contributed by atoms with Crippen LogP contribution in [-0.2, 0) is 44.6 Å². The molecule has 3 aliphatic rings. The number of nitrogens with zero attached hydrogens (tertiary/aromatic N) is 5. The van der Waals surface area contributed by atoms with Crippen molar-refractivity contribution < 1.29 is 48.0 Å². The van der Waals surface area contributed by atoms with Gasteiger partial charge in [-0.2, -0.15) is 0 Å². The Bertz CT molecular complexity index is 1740. The van der Waals surface area contributed by atoms with Crippen molar-refractivity contribution in [1.82, 2.24) is 24.3 Å². The number of hydrogen-bond acceptors (Lipinski definition) is 13. The molecule has 2 aromatic rings. The van der Waals surface area contributed by atoms with E-state index < -0.39 is 83.4 Å². The molecule has 1 N–H and O–H groups in total. The van der Waals surface area contributed by atoms with Gasteiger partial charge >= 0.3 is 12.1 Å². The molecule has 5 rings (SSSR count). The van der Waals surface area contributed by atoms with Crippen LogP contribution in [0.2, 0.25) is 0 Å². The van der Waals surface area contributed by atoms with E-state index in [1.165, 1.54) is 14.0 Å². The fraction of sp³-hybridized carbons (Fsp3) is 0.721. The molecular formula is C43H65N5O10. The van der Waals surface area contributed by atoms with E-state index in [1.807, 2.05) is 62.7 Å². The number of fused-ring (bicyclic) bond motifs is 1. The number of aromatic nitrogens is 3. The Labute approximate surface area is 343 Å². The van der Waals surface area contributed by atoms with Crippen molar-refractivity contribution in [2.75, 3.05) is 27.7 Å².